The topological polar surface area (TPSA) is 32.8 Å². The predicted molar refractivity (Wildman–Crippen MR) is 99.9 cm³/mol. The van der Waals surface area contributed by atoms with Crippen LogP contribution in [0.1, 0.15) is 27.9 Å². The Bertz CT molecular complexity index is 761. The number of benzene rings is 2. The lowest BCUT2D eigenvalue weighted by Crippen LogP contribution is -2.35. The number of methoxy groups -OCH3 is 1. The van der Waals surface area contributed by atoms with Gasteiger partial charge in [0, 0.05) is 32.7 Å². The molecule has 0 radical (unpaired) electrons. The summed E-state index contributed by atoms with van der Waals surface area (Å²) in [5, 5.41) is 0. The van der Waals surface area contributed by atoms with Gasteiger partial charge < -0.3 is 9.64 Å². The Labute approximate surface area is 154 Å². The van der Waals surface area contributed by atoms with Gasteiger partial charge in [-0.3, -0.25) is 9.69 Å². The summed E-state index contributed by atoms with van der Waals surface area (Å²) < 4.78 is 18.4. The fraction of sp³-hybridized carbons (Fsp3) is 0.381. The highest BCUT2D eigenvalue weighted by Gasteiger charge is 2.23. The van der Waals surface area contributed by atoms with Gasteiger partial charge in [-0.25, -0.2) is 4.39 Å². The molecule has 0 unspecified atom stereocenters. The second kappa shape index (κ2) is 8.32. The lowest BCUT2D eigenvalue weighted by Gasteiger charge is -2.23. The minimum atomic E-state index is -0.214. The molecule has 2 aromatic carbocycles. The number of aryl methyl sites for hydroxylation is 1. The largest absolute Gasteiger partial charge is 0.496 e. The van der Waals surface area contributed by atoms with E-state index in [9.17, 15) is 9.18 Å². The highest BCUT2D eigenvalue weighted by molar-refractivity contribution is 5.97. The van der Waals surface area contributed by atoms with Crippen molar-refractivity contribution in [3.05, 3.63) is 65.0 Å². The SMILES string of the molecule is COc1ccc(C)cc1C(=O)N1CCCN(Cc2ccc(F)cc2)CC1. The number of nitrogens with zero attached hydrogens (tertiary/aromatic N) is 2. The van der Waals surface area contributed by atoms with Crippen LogP contribution in [0.4, 0.5) is 4.39 Å². The molecular formula is C21H25FN2O2. The van der Waals surface area contributed by atoms with E-state index in [1.54, 1.807) is 7.11 Å². The number of rotatable bonds is 4. The summed E-state index contributed by atoms with van der Waals surface area (Å²) in [5.74, 6) is 0.427. The van der Waals surface area contributed by atoms with Gasteiger partial charge >= 0.3 is 0 Å². The molecule has 0 saturated carbocycles. The molecule has 138 valence electrons. The Kier molecular flexibility index (Phi) is 5.89. The normalized spacial score (nSPS) is 15.6. The standard InChI is InChI=1S/C21H25FN2O2/c1-16-4-9-20(26-2)19(14-16)21(25)24-11-3-10-23(12-13-24)15-17-5-7-18(22)8-6-17/h4-9,14H,3,10-13,15H2,1-2H3. The summed E-state index contributed by atoms with van der Waals surface area (Å²) in [7, 11) is 1.59. The number of ether oxygens (including phenoxy) is 1. The molecule has 4 nitrogen and oxygen atoms in total. The van der Waals surface area contributed by atoms with Crippen molar-refractivity contribution in [2.24, 2.45) is 0 Å². The van der Waals surface area contributed by atoms with Crippen molar-refractivity contribution in [1.29, 1.82) is 0 Å². The average molecular weight is 356 g/mol. The third-order valence-electron chi connectivity index (χ3n) is 4.78. The summed E-state index contributed by atoms with van der Waals surface area (Å²) in [6, 6.07) is 12.3. The van der Waals surface area contributed by atoms with Crippen molar-refractivity contribution < 1.29 is 13.9 Å². The van der Waals surface area contributed by atoms with E-state index < -0.39 is 0 Å². The van der Waals surface area contributed by atoms with Crippen LogP contribution >= 0.6 is 0 Å². The second-order valence-corrected chi connectivity index (χ2v) is 6.75. The van der Waals surface area contributed by atoms with Crippen molar-refractivity contribution in [2.45, 2.75) is 19.9 Å². The van der Waals surface area contributed by atoms with Gasteiger partial charge in [-0.05, 0) is 43.2 Å². The Hall–Kier alpha value is -2.40. The van der Waals surface area contributed by atoms with Crippen LogP contribution in [0.3, 0.4) is 0 Å². The van der Waals surface area contributed by atoms with Crippen LogP contribution < -0.4 is 4.74 Å². The third-order valence-corrected chi connectivity index (χ3v) is 4.78. The molecule has 5 heteroatoms. The lowest BCUT2D eigenvalue weighted by molar-refractivity contribution is 0.0757. The minimum absolute atomic E-state index is 0.0224. The van der Waals surface area contributed by atoms with Crippen molar-refractivity contribution in [3.63, 3.8) is 0 Å². The van der Waals surface area contributed by atoms with E-state index >= 15 is 0 Å². The van der Waals surface area contributed by atoms with Crippen molar-refractivity contribution in [3.8, 4) is 5.75 Å². The van der Waals surface area contributed by atoms with Crippen LogP contribution in [0.2, 0.25) is 0 Å². The molecule has 1 amide bonds. The first-order valence-electron chi connectivity index (χ1n) is 8.97. The number of halogens is 1. The van der Waals surface area contributed by atoms with Crippen molar-refractivity contribution >= 4 is 5.91 Å². The molecule has 2 aromatic rings. The van der Waals surface area contributed by atoms with Crippen molar-refractivity contribution in [1.82, 2.24) is 9.80 Å². The van der Waals surface area contributed by atoms with Gasteiger partial charge in [0.1, 0.15) is 11.6 Å². The van der Waals surface area contributed by atoms with Crippen LogP contribution in [-0.2, 0) is 6.54 Å². The minimum Gasteiger partial charge on any atom is -0.496 e. The van der Waals surface area contributed by atoms with Crippen LogP contribution in [0.15, 0.2) is 42.5 Å². The van der Waals surface area contributed by atoms with Gasteiger partial charge in [-0.1, -0.05) is 23.8 Å². The van der Waals surface area contributed by atoms with E-state index in [0.29, 0.717) is 17.9 Å². The molecule has 0 atom stereocenters. The Morgan fingerprint density at radius 1 is 1.08 bits per heavy atom. The molecule has 1 fully saturated rings. The van der Waals surface area contributed by atoms with Gasteiger partial charge in [0.05, 0.1) is 12.7 Å². The Balaban J connectivity index is 1.65. The zero-order valence-corrected chi connectivity index (χ0v) is 15.4. The van der Waals surface area contributed by atoms with E-state index in [1.807, 2.05) is 42.2 Å². The monoisotopic (exact) mass is 356 g/mol. The molecule has 0 aliphatic carbocycles. The number of carbonyl (C=O) groups excluding carboxylic acids is 1. The van der Waals surface area contributed by atoms with Crippen LogP contribution in [0.5, 0.6) is 5.75 Å². The van der Waals surface area contributed by atoms with Gasteiger partial charge in [-0.15, -0.1) is 0 Å². The van der Waals surface area contributed by atoms with Crippen LogP contribution in [-0.4, -0.2) is 49.0 Å². The molecule has 0 bridgehead atoms. The van der Waals surface area contributed by atoms with Gasteiger partial charge in [0.15, 0.2) is 0 Å². The smallest absolute Gasteiger partial charge is 0.257 e. The highest BCUT2D eigenvalue weighted by Crippen LogP contribution is 2.22. The first-order chi connectivity index (χ1) is 12.6. The number of carbonyl (C=O) groups is 1. The molecule has 0 spiro atoms. The van der Waals surface area contributed by atoms with Crippen LogP contribution in [0.25, 0.3) is 0 Å². The molecule has 0 N–H and O–H groups in total. The van der Waals surface area contributed by atoms with E-state index in [4.69, 9.17) is 4.74 Å². The van der Waals surface area contributed by atoms with Gasteiger partial charge in [0.2, 0.25) is 0 Å². The molecule has 1 saturated heterocycles. The lowest BCUT2D eigenvalue weighted by atomic mass is 10.1. The zero-order valence-electron chi connectivity index (χ0n) is 15.4. The van der Waals surface area contributed by atoms with E-state index in [0.717, 1.165) is 43.7 Å². The van der Waals surface area contributed by atoms with Gasteiger partial charge in [-0.2, -0.15) is 0 Å². The number of hydrogen-bond acceptors (Lipinski definition) is 3. The Morgan fingerprint density at radius 3 is 2.58 bits per heavy atom. The predicted octanol–water partition coefficient (Wildman–Crippen LogP) is 3.49. The summed E-state index contributed by atoms with van der Waals surface area (Å²) in [6.07, 6.45) is 0.918. The first-order valence-corrected chi connectivity index (χ1v) is 8.97. The number of amides is 1. The van der Waals surface area contributed by atoms with E-state index in [-0.39, 0.29) is 11.7 Å². The summed E-state index contributed by atoms with van der Waals surface area (Å²) in [6.45, 7) is 5.88. The number of hydrogen-bond donors (Lipinski definition) is 0. The fourth-order valence-corrected chi connectivity index (χ4v) is 3.34. The second-order valence-electron chi connectivity index (χ2n) is 6.75. The molecule has 1 heterocycles. The average Bonchev–Trinajstić information content (AvgIpc) is 2.88. The zero-order chi connectivity index (χ0) is 18.5. The summed E-state index contributed by atoms with van der Waals surface area (Å²) in [5.41, 5.74) is 2.76. The maximum atomic E-state index is 13.1. The quantitative estimate of drug-likeness (QED) is 0.841. The van der Waals surface area contributed by atoms with E-state index in [2.05, 4.69) is 4.90 Å². The maximum Gasteiger partial charge on any atom is 0.257 e. The van der Waals surface area contributed by atoms with Gasteiger partial charge in [0.25, 0.3) is 5.91 Å². The van der Waals surface area contributed by atoms with E-state index in [1.165, 1.54) is 12.1 Å². The van der Waals surface area contributed by atoms with Crippen LogP contribution in [0, 0.1) is 12.7 Å². The first kappa shape index (κ1) is 18.4. The highest BCUT2D eigenvalue weighted by atomic mass is 19.1. The summed E-state index contributed by atoms with van der Waals surface area (Å²) >= 11 is 0. The fourth-order valence-electron chi connectivity index (χ4n) is 3.34. The van der Waals surface area contributed by atoms with Crippen molar-refractivity contribution in [2.75, 3.05) is 33.3 Å². The molecule has 26 heavy (non-hydrogen) atoms. The third kappa shape index (κ3) is 4.41. The summed E-state index contributed by atoms with van der Waals surface area (Å²) in [4.78, 5) is 17.2. The molecular weight excluding hydrogens is 331 g/mol. The maximum absolute atomic E-state index is 13.1. The molecule has 3 rings (SSSR count). The molecule has 1 aliphatic rings. The molecule has 0 aromatic heterocycles. The Morgan fingerprint density at radius 2 is 1.85 bits per heavy atom. The molecule has 1 aliphatic heterocycles.